The van der Waals surface area contributed by atoms with Crippen molar-refractivity contribution in [2.75, 3.05) is 25.1 Å². The Labute approximate surface area is 195 Å². The third-order valence-electron chi connectivity index (χ3n) is 5.22. The number of ether oxygens (including phenoxy) is 2. The smallest absolute Gasteiger partial charge is 0.264 e. The fourth-order valence-corrected chi connectivity index (χ4v) is 4.86. The van der Waals surface area contributed by atoms with Gasteiger partial charge in [0.1, 0.15) is 18.0 Å². The van der Waals surface area contributed by atoms with Gasteiger partial charge in [0.2, 0.25) is 5.91 Å². The minimum absolute atomic E-state index is 0.112. The van der Waals surface area contributed by atoms with Crippen molar-refractivity contribution in [2.45, 2.75) is 24.8 Å². The highest BCUT2D eigenvalue weighted by Gasteiger charge is 2.28. The first-order chi connectivity index (χ1) is 15.8. The molecule has 0 fully saturated rings. The first kappa shape index (κ1) is 24.1. The molecule has 0 aliphatic rings. The van der Waals surface area contributed by atoms with E-state index in [1.165, 1.54) is 12.1 Å². The molecule has 3 aromatic rings. The Morgan fingerprint density at radius 3 is 2.24 bits per heavy atom. The number of hydrogen-bond acceptors (Lipinski definition) is 5. The van der Waals surface area contributed by atoms with Gasteiger partial charge in [-0.3, -0.25) is 9.10 Å². The lowest BCUT2D eigenvalue weighted by molar-refractivity contribution is -0.120. The number of carbonyl (C=O) groups is 1. The monoisotopic (exact) mass is 468 g/mol. The molecule has 7 nitrogen and oxygen atoms in total. The lowest BCUT2D eigenvalue weighted by Crippen LogP contribution is -2.41. The summed E-state index contributed by atoms with van der Waals surface area (Å²) in [5.41, 5.74) is 2.11. The predicted octanol–water partition coefficient (Wildman–Crippen LogP) is 4.08. The van der Waals surface area contributed by atoms with Crippen LogP contribution < -0.4 is 19.1 Å². The minimum atomic E-state index is -3.96. The number of nitrogens with one attached hydrogen (secondary N) is 1. The molecule has 3 rings (SSSR count). The molecule has 1 N–H and O–H groups in total. The van der Waals surface area contributed by atoms with Crippen molar-refractivity contribution in [1.82, 2.24) is 5.32 Å². The van der Waals surface area contributed by atoms with E-state index in [9.17, 15) is 13.2 Å². The van der Waals surface area contributed by atoms with Crippen LogP contribution in [-0.4, -0.2) is 35.1 Å². The largest absolute Gasteiger partial charge is 0.497 e. The van der Waals surface area contributed by atoms with Crippen molar-refractivity contribution in [3.05, 3.63) is 83.9 Å². The maximum Gasteiger partial charge on any atom is 0.264 e. The van der Waals surface area contributed by atoms with Gasteiger partial charge in [0, 0.05) is 5.56 Å². The maximum absolute atomic E-state index is 13.4. The molecule has 3 aromatic carbocycles. The van der Waals surface area contributed by atoms with Gasteiger partial charge in [-0.25, -0.2) is 8.42 Å². The van der Waals surface area contributed by atoms with E-state index in [0.717, 1.165) is 15.4 Å². The van der Waals surface area contributed by atoms with Crippen LogP contribution in [0.1, 0.15) is 24.1 Å². The molecule has 0 bridgehead atoms. The van der Waals surface area contributed by atoms with E-state index in [1.54, 1.807) is 69.7 Å². The molecule has 0 unspecified atom stereocenters. The Balaban J connectivity index is 1.89. The summed E-state index contributed by atoms with van der Waals surface area (Å²) in [5.74, 6) is 0.767. The molecule has 0 saturated carbocycles. The molecule has 1 amide bonds. The van der Waals surface area contributed by atoms with Gasteiger partial charge in [-0.2, -0.15) is 0 Å². The zero-order valence-electron chi connectivity index (χ0n) is 19.1. The first-order valence-corrected chi connectivity index (χ1v) is 11.9. The van der Waals surface area contributed by atoms with Crippen LogP contribution >= 0.6 is 0 Å². The van der Waals surface area contributed by atoms with E-state index in [-0.39, 0.29) is 11.4 Å². The molecular weight excluding hydrogens is 440 g/mol. The standard InChI is InChI=1S/C25H28N2O5S/c1-18-10-12-20(13-11-18)27(33(29,30)22-8-6-5-7-9-22)17-25(28)26-19(2)23-16-21(31-3)14-15-24(23)32-4/h5-16,19H,17H2,1-4H3,(H,26,28)/t19-/m1/s1. The van der Waals surface area contributed by atoms with Crippen LogP contribution in [0.3, 0.4) is 0 Å². The van der Waals surface area contributed by atoms with Crippen LogP contribution in [0.4, 0.5) is 5.69 Å². The van der Waals surface area contributed by atoms with Gasteiger partial charge in [0.15, 0.2) is 0 Å². The van der Waals surface area contributed by atoms with E-state index in [4.69, 9.17) is 9.47 Å². The highest BCUT2D eigenvalue weighted by atomic mass is 32.2. The number of nitrogens with zero attached hydrogens (tertiary/aromatic N) is 1. The number of amides is 1. The van der Waals surface area contributed by atoms with Crippen molar-refractivity contribution in [3.63, 3.8) is 0 Å². The van der Waals surface area contributed by atoms with Gasteiger partial charge in [-0.05, 0) is 56.3 Å². The van der Waals surface area contributed by atoms with E-state index < -0.39 is 22.0 Å². The number of aryl methyl sites for hydroxylation is 1. The Morgan fingerprint density at radius 2 is 1.64 bits per heavy atom. The zero-order valence-corrected chi connectivity index (χ0v) is 19.9. The maximum atomic E-state index is 13.4. The molecule has 0 spiro atoms. The lowest BCUT2D eigenvalue weighted by Gasteiger charge is -2.25. The number of hydrogen-bond donors (Lipinski definition) is 1. The number of carbonyl (C=O) groups excluding carboxylic acids is 1. The summed E-state index contributed by atoms with van der Waals surface area (Å²) in [6.07, 6.45) is 0. The molecule has 0 aliphatic carbocycles. The van der Waals surface area contributed by atoms with Crippen LogP contribution in [0.2, 0.25) is 0 Å². The second-order valence-electron chi connectivity index (χ2n) is 7.56. The number of anilines is 1. The van der Waals surface area contributed by atoms with Crippen LogP contribution in [0.25, 0.3) is 0 Å². The summed E-state index contributed by atoms with van der Waals surface area (Å²) in [7, 11) is -0.853. The van der Waals surface area contributed by atoms with Gasteiger partial charge < -0.3 is 14.8 Å². The fraction of sp³-hybridized carbons (Fsp3) is 0.240. The normalized spacial score (nSPS) is 12.0. The molecule has 0 radical (unpaired) electrons. The summed E-state index contributed by atoms with van der Waals surface area (Å²) in [6.45, 7) is 3.34. The summed E-state index contributed by atoms with van der Waals surface area (Å²) in [6, 6.07) is 19.9. The predicted molar refractivity (Wildman–Crippen MR) is 128 cm³/mol. The van der Waals surface area contributed by atoms with Crippen molar-refractivity contribution < 1.29 is 22.7 Å². The van der Waals surface area contributed by atoms with E-state index in [0.29, 0.717) is 17.2 Å². The van der Waals surface area contributed by atoms with Crippen LogP contribution in [-0.2, 0) is 14.8 Å². The summed E-state index contributed by atoms with van der Waals surface area (Å²) in [5, 5.41) is 2.88. The Morgan fingerprint density at radius 1 is 0.970 bits per heavy atom. The van der Waals surface area contributed by atoms with Gasteiger partial charge in [0.25, 0.3) is 10.0 Å². The van der Waals surface area contributed by atoms with Crippen molar-refractivity contribution in [1.29, 1.82) is 0 Å². The second kappa shape index (κ2) is 10.4. The van der Waals surface area contributed by atoms with Gasteiger partial charge in [-0.1, -0.05) is 35.9 Å². The van der Waals surface area contributed by atoms with Gasteiger partial charge in [-0.15, -0.1) is 0 Å². The second-order valence-corrected chi connectivity index (χ2v) is 9.42. The number of rotatable bonds is 9. The highest BCUT2D eigenvalue weighted by molar-refractivity contribution is 7.92. The van der Waals surface area contributed by atoms with Crippen LogP contribution in [0.5, 0.6) is 11.5 Å². The first-order valence-electron chi connectivity index (χ1n) is 10.4. The summed E-state index contributed by atoms with van der Waals surface area (Å²) >= 11 is 0. The number of benzene rings is 3. The Hall–Kier alpha value is -3.52. The topological polar surface area (TPSA) is 84.9 Å². The third kappa shape index (κ3) is 5.64. The Bertz CT molecular complexity index is 1200. The Kier molecular flexibility index (Phi) is 7.60. The van der Waals surface area contributed by atoms with Crippen LogP contribution in [0.15, 0.2) is 77.7 Å². The number of methoxy groups -OCH3 is 2. The molecule has 8 heteroatoms. The lowest BCUT2D eigenvalue weighted by atomic mass is 10.1. The third-order valence-corrected chi connectivity index (χ3v) is 7.01. The molecular formula is C25H28N2O5S. The highest BCUT2D eigenvalue weighted by Crippen LogP contribution is 2.29. The zero-order chi connectivity index (χ0) is 24.0. The average molecular weight is 469 g/mol. The summed E-state index contributed by atoms with van der Waals surface area (Å²) < 4.78 is 38.6. The molecule has 0 saturated heterocycles. The molecule has 1 atom stereocenters. The fourth-order valence-electron chi connectivity index (χ4n) is 3.42. The minimum Gasteiger partial charge on any atom is -0.497 e. The van der Waals surface area contributed by atoms with Crippen molar-refractivity contribution in [3.8, 4) is 11.5 Å². The quantitative estimate of drug-likeness (QED) is 0.511. The summed E-state index contributed by atoms with van der Waals surface area (Å²) in [4.78, 5) is 13.1. The van der Waals surface area contributed by atoms with Gasteiger partial charge >= 0.3 is 0 Å². The molecule has 0 heterocycles. The van der Waals surface area contributed by atoms with Crippen LogP contribution in [0, 0.1) is 6.92 Å². The van der Waals surface area contributed by atoms with Crippen molar-refractivity contribution in [2.24, 2.45) is 0 Å². The van der Waals surface area contributed by atoms with Gasteiger partial charge in [0.05, 0.1) is 30.8 Å². The molecule has 0 aromatic heterocycles. The average Bonchev–Trinajstić information content (AvgIpc) is 2.83. The van der Waals surface area contributed by atoms with E-state index in [1.807, 2.05) is 19.1 Å². The SMILES string of the molecule is COc1ccc(OC)c([C@@H](C)NC(=O)CN(c2ccc(C)cc2)S(=O)(=O)c2ccccc2)c1. The van der Waals surface area contributed by atoms with Crippen molar-refractivity contribution >= 4 is 21.6 Å². The van der Waals surface area contributed by atoms with E-state index in [2.05, 4.69) is 5.32 Å². The van der Waals surface area contributed by atoms with E-state index >= 15 is 0 Å². The number of sulfonamides is 1. The molecule has 0 aliphatic heterocycles. The molecule has 33 heavy (non-hydrogen) atoms. The molecule has 174 valence electrons.